The zero-order valence-corrected chi connectivity index (χ0v) is 11.2. The first-order chi connectivity index (χ1) is 8.66. The normalized spacial score (nSPS) is 20.7. The molecule has 1 fully saturated rings. The summed E-state index contributed by atoms with van der Waals surface area (Å²) < 4.78 is 0. The van der Waals surface area contributed by atoms with Crippen molar-refractivity contribution in [1.82, 2.24) is 15.5 Å². The van der Waals surface area contributed by atoms with Gasteiger partial charge in [0, 0.05) is 32.2 Å². The molecule has 1 amide bonds. The Kier molecular flexibility index (Phi) is 4.58. The monoisotopic (exact) mass is 267 g/mol. The van der Waals surface area contributed by atoms with E-state index < -0.39 is 0 Å². The second kappa shape index (κ2) is 6.18. The van der Waals surface area contributed by atoms with Gasteiger partial charge in [0.05, 0.1) is 10.6 Å². The lowest BCUT2D eigenvalue weighted by Gasteiger charge is -2.30. The van der Waals surface area contributed by atoms with E-state index in [0.717, 1.165) is 19.6 Å². The lowest BCUT2D eigenvalue weighted by molar-refractivity contribution is 0.0944. The third-order valence-corrected chi connectivity index (χ3v) is 3.42. The molecule has 2 rings (SSSR count). The van der Waals surface area contributed by atoms with Crippen LogP contribution in [0.25, 0.3) is 0 Å². The number of benzene rings is 1. The van der Waals surface area contributed by atoms with Crippen LogP contribution in [-0.4, -0.2) is 50.1 Å². The Hall–Kier alpha value is -1.10. The van der Waals surface area contributed by atoms with Crippen molar-refractivity contribution >= 4 is 17.5 Å². The average Bonchev–Trinajstić information content (AvgIpc) is 2.37. The Morgan fingerprint density at radius 3 is 3.06 bits per heavy atom. The molecule has 0 radical (unpaired) electrons. The van der Waals surface area contributed by atoms with Gasteiger partial charge in [-0.05, 0) is 19.2 Å². The third-order valence-electron chi connectivity index (χ3n) is 3.09. The molecule has 0 aliphatic carbocycles. The highest BCUT2D eigenvalue weighted by atomic mass is 35.5. The van der Waals surface area contributed by atoms with Gasteiger partial charge >= 0.3 is 0 Å². The largest absolute Gasteiger partial charge is 0.350 e. The minimum Gasteiger partial charge on any atom is -0.350 e. The average molecular weight is 268 g/mol. The van der Waals surface area contributed by atoms with E-state index >= 15 is 0 Å². The number of carbonyl (C=O) groups is 1. The van der Waals surface area contributed by atoms with E-state index in [4.69, 9.17) is 11.6 Å². The van der Waals surface area contributed by atoms with E-state index in [0.29, 0.717) is 23.2 Å². The van der Waals surface area contributed by atoms with Gasteiger partial charge < -0.3 is 15.5 Å². The number of hydrogen-bond donors (Lipinski definition) is 2. The number of amides is 1. The first kappa shape index (κ1) is 13.3. The van der Waals surface area contributed by atoms with Crippen LogP contribution >= 0.6 is 11.6 Å². The summed E-state index contributed by atoms with van der Waals surface area (Å²) in [5, 5.41) is 6.79. The summed E-state index contributed by atoms with van der Waals surface area (Å²) in [6.45, 7) is 3.58. The maximum atomic E-state index is 12.0. The Labute approximate surface area is 112 Å². The van der Waals surface area contributed by atoms with Crippen LogP contribution in [0.1, 0.15) is 10.4 Å². The predicted octanol–water partition coefficient (Wildman–Crippen LogP) is 0.973. The van der Waals surface area contributed by atoms with Crippen molar-refractivity contribution in [2.45, 2.75) is 6.04 Å². The van der Waals surface area contributed by atoms with Gasteiger partial charge in [0.15, 0.2) is 0 Å². The number of halogens is 1. The lowest BCUT2D eigenvalue weighted by atomic mass is 10.2. The predicted molar refractivity (Wildman–Crippen MR) is 73.1 cm³/mol. The summed E-state index contributed by atoms with van der Waals surface area (Å²) >= 11 is 5.98. The molecule has 0 bridgehead atoms. The molecule has 0 aromatic heterocycles. The smallest absolute Gasteiger partial charge is 0.252 e. The van der Waals surface area contributed by atoms with Gasteiger partial charge in [-0.2, -0.15) is 0 Å². The van der Waals surface area contributed by atoms with E-state index in [1.807, 2.05) is 12.1 Å². The molecule has 0 saturated carbocycles. The molecule has 1 heterocycles. The highest BCUT2D eigenvalue weighted by Gasteiger charge is 2.17. The van der Waals surface area contributed by atoms with Gasteiger partial charge in [-0.25, -0.2) is 0 Å². The first-order valence-corrected chi connectivity index (χ1v) is 6.49. The minimum absolute atomic E-state index is 0.115. The molecule has 5 heteroatoms. The summed E-state index contributed by atoms with van der Waals surface area (Å²) in [6, 6.07) is 7.39. The van der Waals surface area contributed by atoms with Crippen molar-refractivity contribution < 1.29 is 4.79 Å². The van der Waals surface area contributed by atoms with Gasteiger partial charge in [0.25, 0.3) is 5.91 Å². The first-order valence-electron chi connectivity index (χ1n) is 6.11. The van der Waals surface area contributed by atoms with Crippen LogP contribution in [0, 0.1) is 0 Å². The molecular formula is C13H18ClN3O. The van der Waals surface area contributed by atoms with Crippen LogP contribution in [0.15, 0.2) is 24.3 Å². The van der Waals surface area contributed by atoms with Crippen molar-refractivity contribution in [2.75, 3.05) is 33.2 Å². The summed E-state index contributed by atoms with van der Waals surface area (Å²) in [7, 11) is 2.09. The molecule has 98 valence electrons. The van der Waals surface area contributed by atoms with Crippen molar-refractivity contribution in [3.63, 3.8) is 0 Å². The summed E-state index contributed by atoms with van der Waals surface area (Å²) in [6.07, 6.45) is 0. The Morgan fingerprint density at radius 2 is 2.33 bits per heavy atom. The van der Waals surface area contributed by atoms with Crippen LogP contribution in [0.4, 0.5) is 0 Å². The Bertz CT molecular complexity index is 424. The summed E-state index contributed by atoms with van der Waals surface area (Å²) in [5.74, 6) is -0.115. The van der Waals surface area contributed by atoms with Gasteiger partial charge in [0.2, 0.25) is 0 Å². The molecule has 1 unspecified atom stereocenters. The van der Waals surface area contributed by atoms with E-state index in [1.54, 1.807) is 12.1 Å². The molecule has 1 aromatic carbocycles. The summed E-state index contributed by atoms with van der Waals surface area (Å²) in [5.41, 5.74) is 0.531. The van der Waals surface area contributed by atoms with Crippen LogP contribution < -0.4 is 10.6 Å². The van der Waals surface area contributed by atoms with Gasteiger partial charge in [-0.15, -0.1) is 0 Å². The van der Waals surface area contributed by atoms with Crippen molar-refractivity contribution in [2.24, 2.45) is 0 Å². The Morgan fingerprint density at radius 1 is 1.56 bits per heavy atom. The number of nitrogens with zero attached hydrogens (tertiary/aromatic N) is 1. The van der Waals surface area contributed by atoms with E-state index in [9.17, 15) is 4.79 Å². The highest BCUT2D eigenvalue weighted by Crippen LogP contribution is 2.14. The molecule has 0 spiro atoms. The number of rotatable bonds is 3. The third kappa shape index (κ3) is 3.45. The standard InChI is InChI=1S/C13H18ClN3O/c1-17-7-6-15-10(9-17)8-16-13(18)11-4-2-3-5-12(11)14/h2-5,10,15H,6-9H2,1H3,(H,16,18). The number of likely N-dealkylation sites (N-methyl/N-ethyl adjacent to an activating group) is 1. The van der Waals surface area contributed by atoms with Crippen molar-refractivity contribution in [1.29, 1.82) is 0 Å². The number of carbonyl (C=O) groups excluding carboxylic acids is 1. The zero-order valence-electron chi connectivity index (χ0n) is 10.4. The van der Waals surface area contributed by atoms with E-state index in [-0.39, 0.29) is 5.91 Å². The van der Waals surface area contributed by atoms with Crippen LogP contribution in [-0.2, 0) is 0 Å². The molecule has 18 heavy (non-hydrogen) atoms. The highest BCUT2D eigenvalue weighted by molar-refractivity contribution is 6.33. The van der Waals surface area contributed by atoms with E-state index in [1.165, 1.54) is 0 Å². The van der Waals surface area contributed by atoms with Crippen LogP contribution in [0.3, 0.4) is 0 Å². The second-order valence-corrected chi connectivity index (χ2v) is 5.01. The molecule has 4 nitrogen and oxygen atoms in total. The Balaban J connectivity index is 1.87. The quantitative estimate of drug-likeness (QED) is 0.858. The molecule has 1 atom stereocenters. The van der Waals surface area contributed by atoms with Gasteiger partial charge in [-0.3, -0.25) is 4.79 Å². The van der Waals surface area contributed by atoms with Crippen LogP contribution in [0.2, 0.25) is 5.02 Å². The number of hydrogen-bond acceptors (Lipinski definition) is 3. The molecule has 1 saturated heterocycles. The topological polar surface area (TPSA) is 44.4 Å². The molecular weight excluding hydrogens is 250 g/mol. The fraction of sp³-hybridized carbons (Fsp3) is 0.462. The maximum absolute atomic E-state index is 12.0. The lowest BCUT2D eigenvalue weighted by Crippen LogP contribution is -2.53. The fourth-order valence-electron chi connectivity index (χ4n) is 2.08. The van der Waals surface area contributed by atoms with Gasteiger partial charge in [-0.1, -0.05) is 23.7 Å². The van der Waals surface area contributed by atoms with E-state index in [2.05, 4.69) is 22.6 Å². The van der Waals surface area contributed by atoms with Crippen molar-refractivity contribution in [3.8, 4) is 0 Å². The summed E-state index contributed by atoms with van der Waals surface area (Å²) in [4.78, 5) is 14.2. The molecule has 2 N–H and O–H groups in total. The SMILES string of the molecule is CN1CCNC(CNC(=O)c2ccccc2Cl)C1. The molecule has 1 aliphatic rings. The number of piperazine rings is 1. The van der Waals surface area contributed by atoms with Crippen LogP contribution in [0.5, 0.6) is 0 Å². The second-order valence-electron chi connectivity index (χ2n) is 4.60. The van der Waals surface area contributed by atoms with Crippen molar-refractivity contribution in [3.05, 3.63) is 34.9 Å². The van der Waals surface area contributed by atoms with Gasteiger partial charge in [0.1, 0.15) is 0 Å². The molecule has 1 aromatic rings. The fourth-order valence-corrected chi connectivity index (χ4v) is 2.31. The zero-order chi connectivity index (χ0) is 13.0. The molecule has 1 aliphatic heterocycles. The maximum Gasteiger partial charge on any atom is 0.252 e. The number of nitrogens with one attached hydrogen (secondary N) is 2. The minimum atomic E-state index is -0.115.